The summed E-state index contributed by atoms with van der Waals surface area (Å²) in [6.45, 7) is 2.42. The maximum absolute atomic E-state index is 13.1. The number of halogens is 2. The summed E-state index contributed by atoms with van der Waals surface area (Å²) in [4.78, 5) is 16.4. The number of nitrogens with zero attached hydrogens (tertiary/aromatic N) is 1. The fourth-order valence-corrected chi connectivity index (χ4v) is 3.16. The number of benzene rings is 2. The number of aryl methyl sites for hydroxylation is 1. The van der Waals surface area contributed by atoms with Crippen molar-refractivity contribution in [1.82, 2.24) is 10.3 Å². The first kappa shape index (κ1) is 18.0. The maximum Gasteiger partial charge on any atom is 0.319 e. The van der Waals surface area contributed by atoms with E-state index in [2.05, 4.69) is 15.6 Å². The van der Waals surface area contributed by atoms with Gasteiger partial charge in [0.1, 0.15) is 5.01 Å². The first-order chi connectivity index (χ1) is 12.5. The summed E-state index contributed by atoms with van der Waals surface area (Å²) >= 11 is 1.56. The van der Waals surface area contributed by atoms with E-state index in [1.54, 1.807) is 11.3 Å². The molecule has 7 heteroatoms. The van der Waals surface area contributed by atoms with E-state index in [1.165, 1.54) is 11.6 Å². The van der Waals surface area contributed by atoms with Crippen LogP contribution in [0.4, 0.5) is 19.3 Å². The highest BCUT2D eigenvalue weighted by molar-refractivity contribution is 7.13. The van der Waals surface area contributed by atoms with Gasteiger partial charge in [-0.25, -0.2) is 18.6 Å². The zero-order valence-electron chi connectivity index (χ0n) is 14.1. The van der Waals surface area contributed by atoms with E-state index in [9.17, 15) is 13.6 Å². The Morgan fingerprint density at radius 2 is 1.88 bits per heavy atom. The van der Waals surface area contributed by atoms with Crippen LogP contribution in [0.15, 0.2) is 47.8 Å². The molecule has 0 fully saturated rings. The van der Waals surface area contributed by atoms with Crippen LogP contribution in [0.5, 0.6) is 0 Å². The van der Waals surface area contributed by atoms with Gasteiger partial charge in [-0.15, -0.1) is 11.3 Å². The number of rotatable bonds is 5. The standard InChI is InChI=1S/C19H17F2N3OS/c1-12-2-4-13(5-3-12)18-23-15(11-26-18)8-9-22-19(25)24-14-6-7-16(20)17(21)10-14/h2-7,10-11H,8-9H2,1H3,(H2,22,24,25). The number of aromatic nitrogens is 1. The smallest absolute Gasteiger partial charge is 0.319 e. The number of thiazole rings is 1. The van der Waals surface area contributed by atoms with Crippen LogP contribution in [0.25, 0.3) is 10.6 Å². The molecule has 0 aliphatic rings. The van der Waals surface area contributed by atoms with Gasteiger partial charge in [-0.3, -0.25) is 0 Å². The lowest BCUT2D eigenvalue weighted by molar-refractivity contribution is 0.252. The van der Waals surface area contributed by atoms with Gasteiger partial charge in [0, 0.05) is 35.7 Å². The van der Waals surface area contributed by atoms with E-state index in [1.807, 2.05) is 36.6 Å². The number of nitrogens with one attached hydrogen (secondary N) is 2. The van der Waals surface area contributed by atoms with Gasteiger partial charge in [0.25, 0.3) is 0 Å². The molecule has 3 aromatic rings. The Kier molecular flexibility index (Phi) is 5.58. The van der Waals surface area contributed by atoms with Crippen molar-refractivity contribution in [2.45, 2.75) is 13.3 Å². The number of anilines is 1. The molecule has 0 atom stereocenters. The Balaban J connectivity index is 1.49. The largest absolute Gasteiger partial charge is 0.337 e. The second kappa shape index (κ2) is 8.05. The highest BCUT2D eigenvalue weighted by Crippen LogP contribution is 2.24. The van der Waals surface area contributed by atoms with Crippen LogP contribution in [0.2, 0.25) is 0 Å². The summed E-state index contributed by atoms with van der Waals surface area (Å²) in [6.07, 6.45) is 0.577. The van der Waals surface area contributed by atoms with Crippen molar-refractivity contribution in [3.8, 4) is 10.6 Å². The van der Waals surface area contributed by atoms with E-state index in [0.717, 1.165) is 28.4 Å². The molecular weight excluding hydrogens is 356 g/mol. The van der Waals surface area contributed by atoms with Crippen LogP contribution in [0.1, 0.15) is 11.3 Å². The monoisotopic (exact) mass is 373 g/mol. The highest BCUT2D eigenvalue weighted by atomic mass is 32.1. The molecule has 0 aliphatic carbocycles. The SMILES string of the molecule is Cc1ccc(-c2nc(CCNC(=O)Nc3ccc(F)c(F)c3)cs2)cc1. The summed E-state index contributed by atoms with van der Waals surface area (Å²) in [5, 5.41) is 8.03. The minimum absolute atomic E-state index is 0.191. The molecule has 0 saturated carbocycles. The summed E-state index contributed by atoms with van der Waals surface area (Å²) in [7, 11) is 0. The van der Waals surface area contributed by atoms with E-state index in [0.29, 0.717) is 13.0 Å². The van der Waals surface area contributed by atoms with Gasteiger partial charge >= 0.3 is 6.03 Å². The Hall–Kier alpha value is -2.80. The number of carbonyl (C=O) groups is 1. The molecule has 0 aliphatic heterocycles. The van der Waals surface area contributed by atoms with Gasteiger partial charge in [0.2, 0.25) is 0 Å². The molecule has 0 saturated heterocycles. The molecule has 3 rings (SSSR count). The van der Waals surface area contributed by atoms with Gasteiger partial charge in [-0.2, -0.15) is 0 Å². The quantitative estimate of drug-likeness (QED) is 0.677. The fraction of sp³-hybridized carbons (Fsp3) is 0.158. The third kappa shape index (κ3) is 4.64. The lowest BCUT2D eigenvalue weighted by Crippen LogP contribution is -2.30. The van der Waals surface area contributed by atoms with E-state index in [-0.39, 0.29) is 5.69 Å². The molecule has 0 unspecified atom stereocenters. The summed E-state index contributed by atoms with van der Waals surface area (Å²) in [6, 6.07) is 10.9. The van der Waals surface area contributed by atoms with Crippen LogP contribution in [0.3, 0.4) is 0 Å². The van der Waals surface area contributed by atoms with Crippen LogP contribution >= 0.6 is 11.3 Å². The first-order valence-corrected chi connectivity index (χ1v) is 8.90. The minimum Gasteiger partial charge on any atom is -0.337 e. The van der Waals surface area contributed by atoms with Crippen LogP contribution in [-0.4, -0.2) is 17.6 Å². The molecule has 0 radical (unpaired) electrons. The third-order valence-electron chi connectivity index (χ3n) is 3.69. The molecule has 4 nitrogen and oxygen atoms in total. The van der Waals surface area contributed by atoms with Crippen LogP contribution < -0.4 is 10.6 Å². The molecule has 1 heterocycles. The Labute approximate surface area is 153 Å². The normalized spacial score (nSPS) is 10.6. The van der Waals surface area contributed by atoms with Crippen molar-refractivity contribution < 1.29 is 13.6 Å². The van der Waals surface area contributed by atoms with Crippen molar-refractivity contribution in [1.29, 1.82) is 0 Å². The number of carbonyl (C=O) groups excluding carboxylic acids is 1. The number of amides is 2. The van der Waals surface area contributed by atoms with Gasteiger partial charge in [-0.05, 0) is 19.1 Å². The third-order valence-corrected chi connectivity index (χ3v) is 4.63. The predicted molar refractivity (Wildman–Crippen MR) is 99.4 cm³/mol. The second-order valence-corrected chi connectivity index (χ2v) is 6.63. The zero-order chi connectivity index (χ0) is 18.5. The van der Waals surface area contributed by atoms with Crippen molar-refractivity contribution in [2.24, 2.45) is 0 Å². The second-order valence-electron chi connectivity index (χ2n) is 5.77. The van der Waals surface area contributed by atoms with E-state index in [4.69, 9.17) is 0 Å². The molecular formula is C19H17F2N3OS. The summed E-state index contributed by atoms with van der Waals surface area (Å²) in [5.41, 5.74) is 3.34. The number of hydrogen-bond donors (Lipinski definition) is 2. The van der Waals surface area contributed by atoms with Crippen molar-refractivity contribution in [3.05, 3.63) is 70.7 Å². The number of urea groups is 1. The topological polar surface area (TPSA) is 54.0 Å². The maximum atomic E-state index is 13.1. The van der Waals surface area contributed by atoms with Gasteiger partial charge in [0.15, 0.2) is 11.6 Å². The molecule has 0 bridgehead atoms. The Bertz CT molecular complexity index is 909. The highest BCUT2D eigenvalue weighted by Gasteiger charge is 2.07. The van der Waals surface area contributed by atoms with Gasteiger partial charge in [-0.1, -0.05) is 29.8 Å². The van der Waals surface area contributed by atoms with Crippen LogP contribution in [-0.2, 0) is 6.42 Å². The number of hydrogen-bond acceptors (Lipinski definition) is 3. The average Bonchev–Trinajstić information content (AvgIpc) is 3.08. The van der Waals surface area contributed by atoms with Crippen molar-refractivity contribution >= 4 is 23.1 Å². The van der Waals surface area contributed by atoms with Gasteiger partial charge in [0.05, 0.1) is 5.69 Å². The lowest BCUT2D eigenvalue weighted by atomic mass is 10.2. The first-order valence-electron chi connectivity index (χ1n) is 8.02. The molecule has 2 amide bonds. The summed E-state index contributed by atoms with van der Waals surface area (Å²) < 4.78 is 26.0. The molecule has 2 N–H and O–H groups in total. The Morgan fingerprint density at radius 1 is 1.12 bits per heavy atom. The molecule has 1 aromatic heterocycles. The lowest BCUT2D eigenvalue weighted by Gasteiger charge is -2.07. The van der Waals surface area contributed by atoms with Crippen molar-refractivity contribution in [2.75, 3.05) is 11.9 Å². The summed E-state index contributed by atoms with van der Waals surface area (Å²) in [5.74, 6) is -1.96. The molecule has 26 heavy (non-hydrogen) atoms. The fourth-order valence-electron chi connectivity index (χ4n) is 2.30. The van der Waals surface area contributed by atoms with Crippen molar-refractivity contribution in [3.63, 3.8) is 0 Å². The van der Waals surface area contributed by atoms with Gasteiger partial charge < -0.3 is 10.6 Å². The van der Waals surface area contributed by atoms with E-state index >= 15 is 0 Å². The van der Waals surface area contributed by atoms with E-state index < -0.39 is 17.7 Å². The predicted octanol–water partition coefficient (Wildman–Crippen LogP) is 4.76. The molecule has 2 aromatic carbocycles. The molecule has 0 spiro atoms. The average molecular weight is 373 g/mol. The molecule has 134 valence electrons. The zero-order valence-corrected chi connectivity index (χ0v) is 14.9. The van der Waals surface area contributed by atoms with Crippen LogP contribution in [0, 0.1) is 18.6 Å². The Morgan fingerprint density at radius 3 is 2.62 bits per heavy atom. The minimum atomic E-state index is -1.01.